The first-order chi connectivity index (χ1) is 12.0. The van der Waals surface area contributed by atoms with Crippen molar-refractivity contribution in [3.8, 4) is 0 Å². The number of hydrogen-bond donors (Lipinski definition) is 2. The monoisotopic (exact) mass is 356 g/mol. The molecule has 1 aliphatic rings. The average molecular weight is 357 g/mol. The number of benzene rings is 2. The Morgan fingerprint density at radius 2 is 1.68 bits per heavy atom. The molecule has 130 valence electrons. The van der Waals surface area contributed by atoms with Crippen LogP contribution in [0.2, 0.25) is 5.02 Å². The van der Waals surface area contributed by atoms with E-state index in [2.05, 4.69) is 17.6 Å². The zero-order valence-electron chi connectivity index (χ0n) is 14.3. The topological polar surface area (TPSA) is 58.2 Å². The fourth-order valence-electron chi connectivity index (χ4n) is 2.83. The molecule has 1 fully saturated rings. The van der Waals surface area contributed by atoms with Crippen molar-refractivity contribution in [1.82, 2.24) is 0 Å². The number of rotatable bonds is 5. The lowest BCUT2D eigenvalue weighted by Gasteiger charge is -2.09. The Labute approximate surface area is 152 Å². The summed E-state index contributed by atoms with van der Waals surface area (Å²) in [6, 6.07) is 13.1. The number of hydrogen-bond acceptors (Lipinski definition) is 2. The number of nitrogens with one attached hydrogen (secondary N) is 2. The second kappa shape index (κ2) is 7.28. The number of anilines is 2. The van der Waals surface area contributed by atoms with E-state index in [0.717, 1.165) is 23.4 Å². The minimum absolute atomic E-state index is 0.0998. The van der Waals surface area contributed by atoms with Gasteiger partial charge in [-0.05, 0) is 61.2 Å². The molecular weight excluding hydrogens is 336 g/mol. The molecule has 1 saturated carbocycles. The normalized spacial score (nSPS) is 18.5. The summed E-state index contributed by atoms with van der Waals surface area (Å²) in [6.07, 6.45) is 1.54. The Bertz CT molecular complexity index is 802. The molecule has 2 N–H and O–H groups in total. The Kier molecular flexibility index (Phi) is 5.09. The van der Waals surface area contributed by atoms with Crippen molar-refractivity contribution in [2.24, 2.45) is 11.8 Å². The summed E-state index contributed by atoms with van der Waals surface area (Å²) in [5, 5.41) is 6.40. The molecule has 2 aromatic rings. The molecule has 2 unspecified atom stereocenters. The van der Waals surface area contributed by atoms with Gasteiger partial charge in [0.2, 0.25) is 11.8 Å². The van der Waals surface area contributed by atoms with E-state index in [-0.39, 0.29) is 23.7 Å². The third-order valence-corrected chi connectivity index (χ3v) is 4.78. The van der Waals surface area contributed by atoms with Gasteiger partial charge >= 0.3 is 0 Å². The molecule has 0 aliphatic heterocycles. The SMILES string of the molecule is CCc1ccc(NC(=O)C2CC2C(=O)Nc2ccc(Cl)cc2C)cc1. The van der Waals surface area contributed by atoms with E-state index in [1.807, 2.05) is 31.2 Å². The fourth-order valence-corrected chi connectivity index (χ4v) is 3.05. The molecule has 5 heteroatoms. The highest BCUT2D eigenvalue weighted by molar-refractivity contribution is 6.30. The van der Waals surface area contributed by atoms with Gasteiger partial charge in [-0.25, -0.2) is 0 Å². The highest BCUT2D eigenvalue weighted by Crippen LogP contribution is 2.40. The fraction of sp³-hybridized carbons (Fsp3) is 0.300. The molecule has 0 aromatic heterocycles. The zero-order chi connectivity index (χ0) is 18.0. The summed E-state index contributed by atoms with van der Waals surface area (Å²) < 4.78 is 0. The maximum absolute atomic E-state index is 12.3. The lowest BCUT2D eigenvalue weighted by Crippen LogP contribution is -2.20. The predicted molar refractivity (Wildman–Crippen MR) is 101 cm³/mol. The van der Waals surface area contributed by atoms with Crippen molar-refractivity contribution >= 4 is 34.8 Å². The number of carbonyl (C=O) groups is 2. The van der Waals surface area contributed by atoms with Gasteiger partial charge in [0, 0.05) is 16.4 Å². The highest BCUT2D eigenvalue weighted by Gasteiger charge is 2.48. The number of amides is 2. The second-order valence-electron chi connectivity index (χ2n) is 6.44. The summed E-state index contributed by atoms with van der Waals surface area (Å²) in [6.45, 7) is 3.97. The summed E-state index contributed by atoms with van der Waals surface area (Å²) in [5.41, 5.74) is 3.62. The van der Waals surface area contributed by atoms with E-state index in [1.165, 1.54) is 5.56 Å². The number of carbonyl (C=O) groups excluding carboxylic acids is 2. The minimum atomic E-state index is -0.273. The lowest BCUT2D eigenvalue weighted by molar-refractivity contribution is -0.122. The summed E-state index contributed by atoms with van der Waals surface area (Å²) in [7, 11) is 0. The average Bonchev–Trinajstić information content (AvgIpc) is 3.39. The van der Waals surface area contributed by atoms with Crippen molar-refractivity contribution < 1.29 is 9.59 Å². The molecule has 0 heterocycles. The first kappa shape index (κ1) is 17.5. The van der Waals surface area contributed by atoms with Gasteiger partial charge < -0.3 is 10.6 Å². The quantitative estimate of drug-likeness (QED) is 0.832. The molecule has 4 nitrogen and oxygen atoms in total. The lowest BCUT2D eigenvalue weighted by atomic mass is 10.1. The Balaban J connectivity index is 1.55. The highest BCUT2D eigenvalue weighted by atomic mass is 35.5. The van der Waals surface area contributed by atoms with Gasteiger partial charge in [-0.1, -0.05) is 30.7 Å². The van der Waals surface area contributed by atoms with Gasteiger partial charge in [-0.3, -0.25) is 9.59 Å². The van der Waals surface area contributed by atoms with Crippen LogP contribution in [0.25, 0.3) is 0 Å². The Hall–Kier alpha value is -2.33. The number of aryl methyl sites for hydroxylation is 2. The summed E-state index contributed by atoms with van der Waals surface area (Å²) in [4.78, 5) is 24.6. The van der Waals surface area contributed by atoms with E-state index >= 15 is 0 Å². The van der Waals surface area contributed by atoms with E-state index in [0.29, 0.717) is 11.4 Å². The first-order valence-electron chi connectivity index (χ1n) is 8.44. The van der Waals surface area contributed by atoms with Crippen molar-refractivity contribution in [3.05, 3.63) is 58.6 Å². The van der Waals surface area contributed by atoms with Crippen LogP contribution >= 0.6 is 11.6 Å². The van der Waals surface area contributed by atoms with E-state index in [9.17, 15) is 9.59 Å². The van der Waals surface area contributed by atoms with E-state index in [1.54, 1.807) is 18.2 Å². The second-order valence-corrected chi connectivity index (χ2v) is 6.87. The van der Waals surface area contributed by atoms with Crippen LogP contribution < -0.4 is 10.6 Å². The maximum Gasteiger partial charge on any atom is 0.228 e. The molecule has 3 rings (SSSR count). The van der Waals surface area contributed by atoms with Gasteiger partial charge in [0.25, 0.3) is 0 Å². The van der Waals surface area contributed by atoms with Crippen LogP contribution in [0.4, 0.5) is 11.4 Å². The van der Waals surface area contributed by atoms with Gasteiger partial charge in [0.05, 0.1) is 11.8 Å². The van der Waals surface area contributed by atoms with Gasteiger partial charge in [-0.2, -0.15) is 0 Å². The Morgan fingerprint density at radius 1 is 1.04 bits per heavy atom. The Morgan fingerprint density at radius 3 is 2.28 bits per heavy atom. The van der Waals surface area contributed by atoms with Crippen LogP contribution in [0.5, 0.6) is 0 Å². The van der Waals surface area contributed by atoms with Gasteiger partial charge in [-0.15, -0.1) is 0 Å². The molecule has 0 bridgehead atoms. The van der Waals surface area contributed by atoms with Crippen LogP contribution in [0.1, 0.15) is 24.5 Å². The molecule has 2 aromatic carbocycles. The molecule has 0 saturated heterocycles. The van der Waals surface area contributed by atoms with Crippen molar-refractivity contribution in [2.75, 3.05) is 10.6 Å². The predicted octanol–water partition coefficient (Wildman–Crippen LogP) is 4.42. The summed E-state index contributed by atoms with van der Waals surface area (Å²) in [5.74, 6) is -0.757. The van der Waals surface area contributed by atoms with Crippen LogP contribution in [0.15, 0.2) is 42.5 Å². The smallest absolute Gasteiger partial charge is 0.228 e. The van der Waals surface area contributed by atoms with Gasteiger partial charge in [0.15, 0.2) is 0 Å². The molecule has 2 atom stereocenters. The van der Waals surface area contributed by atoms with Crippen LogP contribution in [0.3, 0.4) is 0 Å². The van der Waals surface area contributed by atoms with Crippen LogP contribution in [0, 0.1) is 18.8 Å². The van der Waals surface area contributed by atoms with Crippen molar-refractivity contribution in [3.63, 3.8) is 0 Å². The number of halogens is 1. The molecule has 0 spiro atoms. The molecule has 0 radical (unpaired) electrons. The van der Waals surface area contributed by atoms with Crippen molar-refractivity contribution in [2.45, 2.75) is 26.7 Å². The molecule has 25 heavy (non-hydrogen) atoms. The van der Waals surface area contributed by atoms with Crippen molar-refractivity contribution in [1.29, 1.82) is 0 Å². The van der Waals surface area contributed by atoms with Crippen LogP contribution in [-0.4, -0.2) is 11.8 Å². The zero-order valence-corrected chi connectivity index (χ0v) is 15.1. The van der Waals surface area contributed by atoms with Crippen LogP contribution in [-0.2, 0) is 16.0 Å². The standard InChI is InChI=1S/C20H21ClN2O2/c1-3-13-4-7-15(8-5-13)22-19(24)16-11-17(16)20(25)23-18-9-6-14(21)10-12(18)2/h4-10,16-17H,3,11H2,1-2H3,(H,22,24)(H,23,25). The third-order valence-electron chi connectivity index (χ3n) is 4.54. The van der Waals surface area contributed by atoms with Gasteiger partial charge in [0.1, 0.15) is 0 Å². The molecule has 2 amide bonds. The molecule has 1 aliphatic carbocycles. The minimum Gasteiger partial charge on any atom is -0.326 e. The third kappa shape index (κ3) is 4.20. The first-order valence-corrected chi connectivity index (χ1v) is 8.82. The molecular formula is C20H21ClN2O2. The van der Waals surface area contributed by atoms with E-state index < -0.39 is 0 Å². The maximum atomic E-state index is 12.3. The summed E-state index contributed by atoms with van der Waals surface area (Å²) >= 11 is 5.92. The van der Waals surface area contributed by atoms with E-state index in [4.69, 9.17) is 11.6 Å². The largest absolute Gasteiger partial charge is 0.326 e.